The number of ether oxygens (including phenoxy) is 1. The molecule has 8 nitrogen and oxygen atoms in total. The number of nitro groups is 1. The lowest BCUT2D eigenvalue weighted by Gasteiger charge is -2.09. The zero-order chi connectivity index (χ0) is 13.7. The van der Waals surface area contributed by atoms with Crippen molar-refractivity contribution in [3.63, 3.8) is 0 Å². The Balaban J connectivity index is 2.92. The molecule has 0 aliphatic heterocycles. The number of hydrogen-bond donors (Lipinski definition) is 2. The second-order valence-electron chi connectivity index (χ2n) is 3.31. The van der Waals surface area contributed by atoms with Crippen molar-refractivity contribution in [3.05, 3.63) is 33.9 Å². The maximum Gasteiger partial charge on any atom is 0.324 e. The van der Waals surface area contributed by atoms with E-state index in [1.165, 1.54) is 12.1 Å². The Morgan fingerprint density at radius 3 is 2.83 bits per heavy atom. The number of nitrogens with two attached hydrogens (primary N) is 1. The lowest BCUT2D eigenvalue weighted by Crippen LogP contribution is -2.36. The van der Waals surface area contributed by atoms with Gasteiger partial charge in [0.05, 0.1) is 16.6 Å². The van der Waals surface area contributed by atoms with Crippen LogP contribution in [-0.4, -0.2) is 28.6 Å². The fourth-order valence-electron chi connectivity index (χ4n) is 1.10. The van der Waals surface area contributed by atoms with E-state index in [9.17, 15) is 14.9 Å². The number of aliphatic carboxylic acids is 1. The van der Waals surface area contributed by atoms with Crippen molar-refractivity contribution in [2.24, 2.45) is 5.73 Å². The van der Waals surface area contributed by atoms with E-state index in [0.29, 0.717) is 0 Å². The van der Waals surface area contributed by atoms with Crippen LogP contribution in [0.5, 0.6) is 5.75 Å². The highest BCUT2D eigenvalue weighted by Crippen LogP contribution is 2.27. The summed E-state index contributed by atoms with van der Waals surface area (Å²) in [6.07, 6.45) is 0. The van der Waals surface area contributed by atoms with Crippen LogP contribution in [-0.2, 0) is 4.79 Å². The summed E-state index contributed by atoms with van der Waals surface area (Å²) in [6, 6.07) is 4.07. The molecule has 0 aliphatic rings. The number of hydrogen-bond acceptors (Lipinski definition) is 6. The molecule has 1 unspecified atom stereocenters. The third kappa shape index (κ3) is 3.16. The SMILES string of the molecule is N#Cc1ccc(OCC(N)C(=O)O)c([N+](=O)[O-])c1. The number of carboxylic acid groups (broad SMARTS) is 1. The van der Waals surface area contributed by atoms with E-state index < -0.39 is 29.2 Å². The van der Waals surface area contributed by atoms with Crippen LogP contribution in [0.2, 0.25) is 0 Å². The molecule has 0 fully saturated rings. The van der Waals surface area contributed by atoms with Gasteiger partial charge in [0.25, 0.3) is 0 Å². The maximum absolute atomic E-state index is 10.7. The third-order valence-electron chi connectivity index (χ3n) is 2.02. The number of rotatable bonds is 5. The summed E-state index contributed by atoms with van der Waals surface area (Å²) in [6.45, 7) is -0.401. The van der Waals surface area contributed by atoms with Gasteiger partial charge in [-0.3, -0.25) is 14.9 Å². The van der Waals surface area contributed by atoms with Gasteiger partial charge in [0.1, 0.15) is 12.6 Å². The molecule has 8 heteroatoms. The summed E-state index contributed by atoms with van der Waals surface area (Å²) >= 11 is 0. The first-order chi connectivity index (χ1) is 8.45. The van der Waals surface area contributed by atoms with Crippen molar-refractivity contribution in [1.29, 1.82) is 5.26 Å². The Morgan fingerprint density at radius 1 is 1.67 bits per heavy atom. The minimum atomic E-state index is -1.28. The average Bonchev–Trinajstić information content (AvgIpc) is 2.35. The molecular formula is C10H9N3O5. The molecule has 0 aliphatic carbocycles. The Kier molecular flexibility index (Phi) is 4.17. The van der Waals surface area contributed by atoms with Gasteiger partial charge in [0.2, 0.25) is 0 Å². The van der Waals surface area contributed by atoms with Gasteiger partial charge in [0.15, 0.2) is 5.75 Å². The molecule has 0 bridgehead atoms. The Labute approximate surface area is 101 Å². The summed E-state index contributed by atoms with van der Waals surface area (Å²) in [4.78, 5) is 20.5. The van der Waals surface area contributed by atoms with E-state index in [1.807, 2.05) is 0 Å². The van der Waals surface area contributed by atoms with E-state index in [0.717, 1.165) is 6.07 Å². The minimum Gasteiger partial charge on any atom is -0.485 e. The highest BCUT2D eigenvalue weighted by molar-refractivity contribution is 5.73. The van der Waals surface area contributed by atoms with Gasteiger partial charge in [-0.25, -0.2) is 0 Å². The summed E-state index contributed by atoms with van der Waals surface area (Å²) < 4.78 is 4.96. The topological polar surface area (TPSA) is 139 Å². The number of benzene rings is 1. The molecule has 0 aromatic heterocycles. The molecule has 1 rings (SSSR count). The van der Waals surface area contributed by atoms with Crippen LogP contribution in [0, 0.1) is 21.4 Å². The van der Waals surface area contributed by atoms with Crippen molar-refractivity contribution < 1.29 is 19.6 Å². The van der Waals surface area contributed by atoms with Crippen LogP contribution >= 0.6 is 0 Å². The highest BCUT2D eigenvalue weighted by Gasteiger charge is 2.19. The molecule has 3 N–H and O–H groups in total. The molecular weight excluding hydrogens is 242 g/mol. The quantitative estimate of drug-likeness (QED) is 0.564. The molecule has 18 heavy (non-hydrogen) atoms. The lowest BCUT2D eigenvalue weighted by atomic mass is 10.2. The van der Waals surface area contributed by atoms with Crippen LogP contribution in [0.4, 0.5) is 5.69 Å². The zero-order valence-corrected chi connectivity index (χ0v) is 9.07. The smallest absolute Gasteiger partial charge is 0.324 e. The van der Waals surface area contributed by atoms with E-state index in [-0.39, 0.29) is 11.3 Å². The second-order valence-corrected chi connectivity index (χ2v) is 3.31. The van der Waals surface area contributed by atoms with Crippen molar-refractivity contribution in [1.82, 2.24) is 0 Å². The minimum absolute atomic E-state index is 0.108. The first kappa shape index (κ1) is 13.4. The Morgan fingerprint density at radius 2 is 2.33 bits per heavy atom. The van der Waals surface area contributed by atoms with Crippen LogP contribution in [0.1, 0.15) is 5.56 Å². The number of nitrogens with zero attached hydrogens (tertiary/aromatic N) is 2. The van der Waals surface area contributed by atoms with Gasteiger partial charge in [-0.2, -0.15) is 5.26 Å². The van der Waals surface area contributed by atoms with Crippen molar-refractivity contribution >= 4 is 11.7 Å². The average molecular weight is 251 g/mol. The fraction of sp³-hybridized carbons (Fsp3) is 0.200. The van der Waals surface area contributed by atoms with E-state index in [2.05, 4.69) is 0 Å². The number of nitriles is 1. The zero-order valence-electron chi connectivity index (χ0n) is 9.07. The maximum atomic E-state index is 10.7. The summed E-state index contributed by atoms with van der Waals surface area (Å²) in [5.74, 6) is -1.40. The molecule has 0 heterocycles. The van der Waals surface area contributed by atoms with E-state index in [4.69, 9.17) is 20.8 Å². The number of carboxylic acids is 1. The molecule has 94 valence electrons. The predicted octanol–water partition coefficient (Wildman–Crippen LogP) is 0.257. The number of carbonyl (C=O) groups is 1. The molecule has 0 spiro atoms. The van der Waals surface area contributed by atoms with E-state index in [1.54, 1.807) is 6.07 Å². The van der Waals surface area contributed by atoms with Gasteiger partial charge >= 0.3 is 11.7 Å². The van der Waals surface area contributed by atoms with Gasteiger partial charge in [0, 0.05) is 6.07 Å². The van der Waals surface area contributed by atoms with Gasteiger partial charge < -0.3 is 15.6 Å². The fourth-order valence-corrected chi connectivity index (χ4v) is 1.10. The van der Waals surface area contributed by atoms with Gasteiger partial charge in [-0.15, -0.1) is 0 Å². The molecule has 1 aromatic carbocycles. The summed E-state index contributed by atoms with van der Waals surface area (Å²) in [5.41, 5.74) is 4.90. The van der Waals surface area contributed by atoms with Crippen LogP contribution in [0.3, 0.4) is 0 Å². The Bertz CT molecular complexity index is 523. The van der Waals surface area contributed by atoms with Crippen LogP contribution in [0.25, 0.3) is 0 Å². The largest absolute Gasteiger partial charge is 0.485 e. The molecule has 1 aromatic rings. The molecule has 0 amide bonds. The van der Waals surface area contributed by atoms with Crippen molar-refractivity contribution in [3.8, 4) is 11.8 Å². The van der Waals surface area contributed by atoms with Crippen molar-refractivity contribution in [2.45, 2.75) is 6.04 Å². The number of nitro benzene ring substituents is 1. The lowest BCUT2D eigenvalue weighted by molar-refractivity contribution is -0.385. The predicted molar refractivity (Wildman–Crippen MR) is 58.9 cm³/mol. The van der Waals surface area contributed by atoms with Gasteiger partial charge in [-0.1, -0.05) is 0 Å². The highest BCUT2D eigenvalue weighted by atomic mass is 16.6. The molecule has 1 atom stereocenters. The third-order valence-corrected chi connectivity index (χ3v) is 2.02. The summed E-state index contributed by atoms with van der Waals surface area (Å²) in [5, 5.41) is 27.9. The van der Waals surface area contributed by atoms with E-state index >= 15 is 0 Å². The summed E-state index contributed by atoms with van der Waals surface area (Å²) in [7, 11) is 0. The molecule has 0 saturated heterocycles. The molecule has 0 saturated carbocycles. The first-order valence-corrected chi connectivity index (χ1v) is 4.75. The first-order valence-electron chi connectivity index (χ1n) is 4.75. The standard InChI is InChI=1S/C10H9N3O5/c11-4-6-1-2-9(8(3-6)13(16)17)18-5-7(12)10(14)15/h1-3,7H,5,12H2,(H,14,15). The Hall–Kier alpha value is -2.66. The van der Waals surface area contributed by atoms with Gasteiger partial charge in [-0.05, 0) is 12.1 Å². The second kappa shape index (κ2) is 5.60. The van der Waals surface area contributed by atoms with Crippen molar-refractivity contribution in [2.75, 3.05) is 6.61 Å². The normalized spacial score (nSPS) is 11.3. The molecule has 0 radical (unpaired) electrons. The van der Waals surface area contributed by atoms with Crippen LogP contribution < -0.4 is 10.5 Å². The van der Waals surface area contributed by atoms with Crippen LogP contribution in [0.15, 0.2) is 18.2 Å². The monoisotopic (exact) mass is 251 g/mol.